The summed E-state index contributed by atoms with van der Waals surface area (Å²) in [4.78, 5) is 19.9. The van der Waals surface area contributed by atoms with Crippen molar-refractivity contribution >= 4 is 22.6 Å². The molecule has 0 unspecified atom stereocenters. The molecule has 0 aliphatic rings. The van der Waals surface area contributed by atoms with Crippen molar-refractivity contribution in [3.05, 3.63) is 106 Å². The summed E-state index contributed by atoms with van der Waals surface area (Å²) in [6, 6.07) is 8.11. The molecule has 37 heavy (non-hydrogen) atoms. The minimum absolute atomic E-state index is 0.102. The third-order valence-electron chi connectivity index (χ3n) is 5.83. The maximum Gasteiger partial charge on any atom is 0.298 e. The number of allylic oxidation sites excluding steroid dienone is 1. The molecule has 0 spiro atoms. The third kappa shape index (κ3) is 5.09. The smallest absolute Gasteiger partial charge is 0.298 e. The Morgan fingerprint density at radius 2 is 1.89 bits per heavy atom. The Hall–Kier alpha value is -4.47. The van der Waals surface area contributed by atoms with E-state index in [0.717, 1.165) is 24.6 Å². The predicted molar refractivity (Wildman–Crippen MR) is 135 cm³/mol. The minimum atomic E-state index is -1.21. The second-order valence-corrected chi connectivity index (χ2v) is 8.35. The van der Waals surface area contributed by atoms with Crippen LogP contribution in [0.5, 0.6) is 0 Å². The Kier molecular flexibility index (Phi) is 7.37. The van der Waals surface area contributed by atoms with Crippen LogP contribution in [0.15, 0.2) is 60.9 Å². The fraction of sp³-hybridized carbons (Fsp3) is 0.148. The van der Waals surface area contributed by atoms with E-state index in [9.17, 15) is 13.7 Å². The first-order valence-electron chi connectivity index (χ1n) is 11.5. The fourth-order valence-corrected chi connectivity index (χ4v) is 3.91. The van der Waals surface area contributed by atoms with Gasteiger partial charge in [-0.15, -0.1) is 5.43 Å². The van der Waals surface area contributed by atoms with Crippen molar-refractivity contribution in [3.63, 3.8) is 0 Å². The van der Waals surface area contributed by atoms with E-state index in [-0.39, 0.29) is 16.2 Å². The molecule has 190 valence electrons. The van der Waals surface area contributed by atoms with Crippen LogP contribution in [-0.4, -0.2) is 14.8 Å². The normalized spacial score (nSPS) is 11.6. The highest BCUT2D eigenvalue weighted by molar-refractivity contribution is 5.86. The zero-order chi connectivity index (χ0) is 26.7. The highest BCUT2D eigenvalue weighted by atomic mass is 19.1. The molecular formula is C27H24F4N5O+. The van der Waals surface area contributed by atoms with Gasteiger partial charge in [0.25, 0.3) is 5.69 Å². The Balaban J connectivity index is 1.76. The molecule has 0 bridgehead atoms. The van der Waals surface area contributed by atoms with Gasteiger partial charge >= 0.3 is 0 Å². The highest BCUT2D eigenvalue weighted by Crippen LogP contribution is 2.38. The molecule has 6 nitrogen and oxygen atoms in total. The average Bonchev–Trinajstić information content (AvgIpc) is 3.41. The molecule has 3 aromatic carbocycles. The third-order valence-corrected chi connectivity index (χ3v) is 5.83. The summed E-state index contributed by atoms with van der Waals surface area (Å²) in [6.45, 7) is 3.55. The van der Waals surface area contributed by atoms with Crippen molar-refractivity contribution in [3.8, 4) is 11.1 Å². The topological polar surface area (TPSA) is 86.8 Å². The number of aryl methyl sites for hydroxylation is 1. The number of hydrogen-bond acceptors (Lipinski definition) is 3. The van der Waals surface area contributed by atoms with Crippen LogP contribution in [0, 0.1) is 35.1 Å². The van der Waals surface area contributed by atoms with Gasteiger partial charge in [-0.1, -0.05) is 31.6 Å². The molecular weight excluding hydrogens is 486 g/mol. The van der Waals surface area contributed by atoms with Gasteiger partial charge in [0.15, 0.2) is 16.5 Å². The number of unbranched alkanes of at least 4 members (excludes halogenated alkanes) is 1. The van der Waals surface area contributed by atoms with Gasteiger partial charge in [0.05, 0.1) is 22.2 Å². The number of benzene rings is 3. The summed E-state index contributed by atoms with van der Waals surface area (Å²) < 4.78 is 59.4. The van der Waals surface area contributed by atoms with Crippen molar-refractivity contribution in [2.24, 2.45) is 0 Å². The van der Waals surface area contributed by atoms with Crippen LogP contribution in [0.1, 0.15) is 36.7 Å². The maximum absolute atomic E-state index is 15.5. The standard InChI is InChI=1S/C27H24F4N5O/c1-3-4-5-18(27-33-12-13-34-27)17-8-9-19(24(30)26(17)32)23-20(29)10-11-21(25(23)31)35-36(37)22-14-16(28)7-6-15(22)2/h5-14H,3-4,32H2,1-2H3,(H,33,34)(H,35,37)/q+1/b18-5+. The molecule has 0 saturated carbocycles. The number of anilines is 2. The van der Waals surface area contributed by atoms with Gasteiger partial charge in [-0.3, -0.25) is 0 Å². The molecule has 0 saturated heterocycles. The van der Waals surface area contributed by atoms with E-state index in [1.807, 2.05) is 13.0 Å². The number of nitrogen functional groups attached to an aromatic ring is 1. The van der Waals surface area contributed by atoms with Gasteiger partial charge < -0.3 is 10.7 Å². The quantitative estimate of drug-likeness (QED) is 0.101. The molecule has 4 aromatic rings. The zero-order valence-electron chi connectivity index (χ0n) is 20.1. The van der Waals surface area contributed by atoms with E-state index in [0.29, 0.717) is 28.9 Å². The number of nitrogens with one attached hydrogen (secondary N) is 2. The minimum Gasteiger partial charge on any atom is -0.396 e. The first-order chi connectivity index (χ1) is 17.7. The monoisotopic (exact) mass is 510 g/mol. The summed E-state index contributed by atoms with van der Waals surface area (Å²) in [6.07, 6.45) is 6.51. The summed E-state index contributed by atoms with van der Waals surface area (Å²) >= 11 is 0. The number of rotatable bonds is 8. The molecule has 4 N–H and O–H groups in total. The number of nitrogens with zero attached hydrogens (tertiary/aromatic N) is 2. The van der Waals surface area contributed by atoms with Crippen molar-refractivity contribution in [2.45, 2.75) is 26.7 Å². The molecule has 4 rings (SSSR count). The molecule has 0 aliphatic heterocycles. The Morgan fingerprint density at radius 3 is 2.59 bits per heavy atom. The lowest BCUT2D eigenvalue weighted by atomic mass is 9.95. The molecule has 1 heterocycles. The maximum atomic E-state index is 15.5. The Morgan fingerprint density at radius 1 is 1.11 bits per heavy atom. The summed E-state index contributed by atoms with van der Waals surface area (Å²) in [5.74, 6) is -3.49. The van der Waals surface area contributed by atoms with Gasteiger partial charge in [0.1, 0.15) is 23.1 Å². The summed E-state index contributed by atoms with van der Waals surface area (Å²) in [5.41, 5.74) is 7.66. The fourth-order valence-electron chi connectivity index (χ4n) is 3.91. The number of aromatic amines is 1. The molecule has 0 atom stereocenters. The Bertz CT molecular complexity index is 1500. The molecule has 10 heteroatoms. The molecule has 0 radical (unpaired) electrons. The van der Waals surface area contributed by atoms with Gasteiger partial charge in [-0.25, -0.2) is 22.5 Å². The van der Waals surface area contributed by atoms with Crippen molar-refractivity contribution in [1.29, 1.82) is 0 Å². The number of halogens is 4. The average molecular weight is 511 g/mol. The molecule has 0 fully saturated rings. The van der Waals surface area contributed by atoms with Gasteiger partial charge in [0.2, 0.25) is 0 Å². The van der Waals surface area contributed by atoms with E-state index in [2.05, 4.69) is 15.4 Å². The number of imidazole rings is 1. The lowest BCUT2D eigenvalue weighted by Gasteiger charge is -2.14. The largest absolute Gasteiger partial charge is 0.396 e. The SMILES string of the molecule is CCC/C=C(/c1ncc[nH]1)c1ccc(-c2c(F)ccc(N[N+](=O)c3cc(F)ccc3C)c2F)c(F)c1N. The first-order valence-corrected chi connectivity index (χ1v) is 11.5. The predicted octanol–water partition coefficient (Wildman–Crippen LogP) is 7.19. The Labute approximate surface area is 210 Å². The number of hydrogen-bond donors (Lipinski definition) is 3. The lowest BCUT2D eigenvalue weighted by Crippen LogP contribution is -2.14. The number of nitroso groups, excluding NO2 is 1. The van der Waals surface area contributed by atoms with Crippen molar-refractivity contribution < 1.29 is 22.4 Å². The highest BCUT2D eigenvalue weighted by Gasteiger charge is 2.26. The van der Waals surface area contributed by atoms with E-state index in [1.54, 1.807) is 19.3 Å². The van der Waals surface area contributed by atoms with Crippen LogP contribution in [-0.2, 0) is 0 Å². The van der Waals surface area contributed by atoms with Crippen molar-refractivity contribution in [2.75, 3.05) is 11.2 Å². The second-order valence-electron chi connectivity index (χ2n) is 8.35. The van der Waals surface area contributed by atoms with Crippen LogP contribution in [0.3, 0.4) is 0 Å². The van der Waals surface area contributed by atoms with Gasteiger partial charge in [-0.2, -0.15) is 0 Å². The molecule has 1 aromatic heterocycles. The number of H-pyrrole nitrogens is 1. The molecule has 0 amide bonds. The number of hydrazine groups is 1. The van der Waals surface area contributed by atoms with Gasteiger partial charge in [-0.05, 0) is 37.6 Å². The lowest BCUT2D eigenvalue weighted by molar-refractivity contribution is -0.428. The molecule has 0 aliphatic carbocycles. The zero-order valence-corrected chi connectivity index (χ0v) is 20.1. The van der Waals surface area contributed by atoms with E-state index >= 15 is 8.78 Å². The van der Waals surface area contributed by atoms with Crippen molar-refractivity contribution in [1.82, 2.24) is 9.97 Å². The summed E-state index contributed by atoms with van der Waals surface area (Å²) in [7, 11) is 0. The van der Waals surface area contributed by atoms with Gasteiger partial charge in [0, 0.05) is 34.7 Å². The van der Waals surface area contributed by atoms with Crippen LogP contribution < -0.4 is 11.2 Å². The number of aromatic nitrogens is 2. The van der Waals surface area contributed by atoms with Crippen LogP contribution in [0.2, 0.25) is 0 Å². The van der Waals surface area contributed by atoms with Crippen LogP contribution in [0.25, 0.3) is 16.7 Å². The number of nitrogens with two attached hydrogens (primary N) is 1. The second kappa shape index (κ2) is 10.7. The first kappa shape index (κ1) is 25.6. The van der Waals surface area contributed by atoms with Crippen LogP contribution in [0.4, 0.5) is 34.6 Å². The summed E-state index contributed by atoms with van der Waals surface area (Å²) in [5, 5.41) is 0. The van der Waals surface area contributed by atoms with Crippen LogP contribution >= 0.6 is 0 Å². The van der Waals surface area contributed by atoms with E-state index < -0.39 is 40.1 Å². The van der Waals surface area contributed by atoms with E-state index in [4.69, 9.17) is 5.73 Å². The van der Waals surface area contributed by atoms with E-state index in [1.165, 1.54) is 24.3 Å².